The van der Waals surface area contributed by atoms with Crippen LogP contribution in [-0.2, 0) is 19.6 Å². The number of benzene rings is 3. The van der Waals surface area contributed by atoms with Crippen LogP contribution in [0.2, 0.25) is 0 Å². The van der Waals surface area contributed by atoms with Crippen molar-refractivity contribution in [3.8, 4) is 17.2 Å². The summed E-state index contributed by atoms with van der Waals surface area (Å²) in [5.74, 6) is 1.92. The summed E-state index contributed by atoms with van der Waals surface area (Å²) in [5, 5.41) is 3.59. The summed E-state index contributed by atoms with van der Waals surface area (Å²) in [5.41, 5.74) is 12.2. The zero-order valence-electron chi connectivity index (χ0n) is 21.2. The van der Waals surface area contributed by atoms with Crippen molar-refractivity contribution in [1.29, 1.82) is 0 Å². The van der Waals surface area contributed by atoms with Gasteiger partial charge in [0, 0.05) is 41.9 Å². The monoisotopic (exact) mass is 501 g/mol. The average molecular weight is 502 g/mol. The molecule has 3 aromatic carbocycles. The molecule has 0 bridgehead atoms. The van der Waals surface area contributed by atoms with Crippen molar-refractivity contribution in [3.05, 3.63) is 93.9 Å². The molecule has 2 amide bonds. The smallest absolute Gasteiger partial charge is 0.324 e. The van der Waals surface area contributed by atoms with Gasteiger partial charge in [-0.1, -0.05) is 47.6 Å². The summed E-state index contributed by atoms with van der Waals surface area (Å²) >= 11 is 0. The summed E-state index contributed by atoms with van der Waals surface area (Å²) in [4.78, 5) is 19.9. The highest BCUT2D eigenvalue weighted by Crippen LogP contribution is 2.34. The Kier molecular flexibility index (Phi) is 8.73. The molecule has 1 aliphatic rings. The molecule has 192 valence electrons. The molecule has 1 aliphatic heterocycles. The van der Waals surface area contributed by atoms with Gasteiger partial charge in [0.05, 0.1) is 20.8 Å². The first-order valence-electron chi connectivity index (χ1n) is 12.2. The fourth-order valence-corrected chi connectivity index (χ4v) is 4.35. The first-order valence-corrected chi connectivity index (χ1v) is 12.2. The van der Waals surface area contributed by atoms with E-state index < -0.39 is 0 Å². The van der Waals surface area contributed by atoms with Crippen molar-refractivity contribution in [2.75, 3.05) is 38.8 Å². The maximum absolute atomic E-state index is 13.5. The molecule has 9 nitrogen and oxygen atoms in total. The SMILES string of the molecule is COc1cc(CCN=[N+]=[N-])ccc1CN1CCCN(c2ccc(OC)c(OCc3ccccc3)c2)C1=O. The molecule has 37 heavy (non-hydrogen) atoms. The van der Waals surface area contributed by atoms with Gasteiger partial charge in [-0.05, 0) is 47.7 Å². The summed E-state index contributed by atoms with van der Waals surface area (Å²) in [6, 6.07) is 21.3. The molecule has 9 heteroatoms. The van der Waals surface area contributed by atoms with Crippen molar-refractivity contribution < 1.29 is 19.0 Å². The molecule has 1 heterocycles. The van der Waals surface area contributed by atoms with Crippen LogP contribution in [0.4, 0.5) is 10.5 Å². The Hall–Kier alpha value is -4.36. The molecular formula is C28H31N5O4. The molecule has 4 rings (SSSR count). The third kappa shape index (κ3) is 6.45. The van der Waals surface area contributed by atoms with Crippen molar-refractivity contribution in [3.63, 3.8) is 0 Å². The standard InChI is InChI=1S/C28H31N5O4/c1-35-25-12-11-24(18-27(25)37-20-22-7-4-3-5-8-22)33-16-6-15-32(28(33)34)19-23-10-9-21(13-14-30-31-29)17-26(23)36-2/h3-5,7-12,17-18H,6,13-16,19-20H2,1-2H3. The fourth-order valence-electron chi connectivity index (χ4n) is 4.35. The highest BCUT2D eigenvalue weighted by Gasteiger charge is 2.28. The molecule has 0 spiro atoms. The lowest BCUT2D eigenvalue weighted by atomic mass is 10.1. The second kappa shape index (κ2) is 12.6. The van der Waals surface area contributed by atoms with Gasteiger partial charge in [0.2, 0.25) is 0 Å². The zero-order valence-corrected chi connectivity index (χ0v) is 21.2. The van der Waals surface area contributed by atoms with Crippen LogP contribution in [0.3, 0.4) is 0 Å². The van der Waals surface area contributed by atoms with Crippen molar-refractivity contribution >= 4 is 11.7 Å². The van der Waals surface area contributed by atoms with Gasteiger partial charge in [0.25, 0.3) is 0 Å². The molecule has 0 aromatic heterocycles. The molecule has 0 unspecified atom stereocenters. The lowest BCUT2D eigenvalue weighted by Crippen LogP contribution is -2.49. The van der Waals surface area contributed by atoms with Gasteiger partial charge >= 0.3 is 6.03 Å². The number of methoxy groups -OCH3 is 2. The van der Waals surface area contributed by atoms with Crippen molar-refractivity contribution in [1.82, 2.24) is 4.90 Å². The van der Waals surface area contributed by atoms with Crippen LogP contribution in [0.5, 0.6) is 17.2 Å². The van der Waals surface area contributed by atoms with Gasteiger partial charge in [-0.25, -0.2) is 4.79 Å². The van der Waals surface area contributed by atoms with E-state index in [1.54, 1.807) is 19.1 Å². The molecule has 0 N–H and O–H groups in total. The summed E-state index contributed by atoms with van der Waals surface area (Å²) in [6.45, 7) is 2.50. The Bertz CT molecular complexity index is 1260. The van der Waals surface area contributed by atoms with E-state index in [9.17, 15) is 4.79 Å². The lowest BCUT2D eigenvalue weighted by Gasteiger charge is -2.36. The van der Waals surface area contributed by atoms with E-state index in [4.69, 9.17) is 19.7 Å². The fraction of sp³-hybridized carbons (Fsp3) is 0.321. The maximum Gasteiger partial charge on any atom is 0.324 e. The van der Waals surface area contributed by atoms with Gasteiger partial charge in [-0.15, -0.1) is 0 Å². The third-order valence-electron chi connectivity index (χ3n) is 6.28. The van der Waals surface area contributed by atoms with Gasteiger partial charge in [-0.2, -0.15) is 0 Å². The molecular weight excluding hydrogens is 470 g/mol. The van der Waals surface area contributed by atoms with Gasteiger partial charge < -0.3 is 19.1 Å². The Balaban J connectivity index is 1.49. The number of hydrogen-bond acceptors (Lipinski definition) is 5. The summed E-state index contributed by atoms with van der Waals surface area (Å²) in [6.07, 6.45) is 1.47. The van der Waals surface area contributed by atoms with Crippen molar-refractivity contribution in [2.45, 2.75) is 26.0 Å². The Morgan fingerprint density at radius 2 is 1.73 bits per heavy atom. The summed E-state index contributed by atoms with van der Waals surface area (Å²) in [7, 11) is 3.22. The summed E-state index contributed by atoms with van der Waals surface area (Å²) < 4.78 is 17.2. The van der Waals surface area contributed by atoms with Crippen LogP contribution in [0.25, 0.3) is 10.4 Å². The van der Waals surface area contributed by atoms with E-state index in [1.807, 2.05) is 71.6 Å². The second-order valence-electron chi connectivity index (χ2n) is 8.67. The van der Waals surface area contributed by atoms with Crippen LogP contribution < -0.4 is 19.1 Å². The van der Waals surface area contributed by atoms with Gasteiger partial charge in [-0.3, -0.25) is 4.90 Å². The minimum Gasteiger partial charge on any atom is -0.496 e. The predicted molar refractivity (Wildman–Crippen MR) is 142 cm³/mol. The molecule has 0 radical (unpaired) electrons. The number of urea groups is 1. The quantitative estimate of drug-likeness (QED) is 0.184. The van der Waals surface area contributed by atoms with E-state index >= 15 is 0 Å². The van der Waals surface area contributed by atoms with E-state index in [0.29, 0.717) is 56.5 Å². The number of hydrogen-bond donors (Lipinski definition) is 0. The van der Waals surface area contributed by atoms with Crippen LogP contribution in [-0.4, -0.2) is 44.8 Å². The highest BCUT2D eigenvalue weighted by molar-refractivity contribution is 5.93. The normalized spacial score (nSPS) is 13.2. The molecule has 0 saturated carbocycles. The van der Waals surface area contributed by atoms with Crippen LogP contribution in [0, 0.1) is 0 Å². The number of azide groups is 1. The van der Waals surface area contributed by atoms with Crippen LogP contribution in [0.1, 0.15) is 23.1 Å². The third-order valence-corrected chi connectivity index (χ3v) is 6.28. The highest BCUT2D eigenvalue weighted by atomic mass is 16.5. The van der Waals surface area contributed by atoms with E-state index in [0.717, 1.165) is 28.8 Å². The number of nitrogens with zero attached hydrogens (tertiary/aromatic N) is 5. The average Bonchev–Trinajstić information content (AvgIpc) is 2.94. The number of amides is 2. The van der Waals surface area contributed by atoms with E-state index in [-0.39, 0.29) is 6.03 Å². The Morgan fingerprint density at radius 3 is 2.49 bits per heavy atom. The maximum atomic E-state index is 13.5. The predicted octanol–water partition coefficient (Wildman–Crippen LogP) is 5.97. The topological polar surface area (TPSA) is 100 Å². The number of carbonyl (C=O) groups is 1. The Labute approximate surface area is 216 Å². The zero-order chi connectivity index (χ0) is 26.0. The molecule has 3 aromatic rings. The minimum atomic E-state index is -0.0695. The number of anilines is 1. The molecule has 1 fully saturated rings. The number of carbonyl (C=O) groups excluding carboxylic acids is 1. The van der Waals surface area contributed by atoms with Crippen LogP contribution in [0.15, 0.2) is 71.8 Å². The van der Waals surface area contributed by atoms with Gasteiger partial charge in [0.1, 0.15) is 12.4 Å². The van der Waals surface area contributed by atoms with E-state index in [1.165, 1.54) is 0 Å². The number of ether oxygens (including phenoxy) is 3. The largest absolute Gasteiger partial charge is 0.496 e. The first kappa shape index (κ1) is 25.7. The van der Waals surface area contributed by atoms with Gasteiger partial charge in [0.15, 0.2) is 11.5 Å². The molecule has 0 aliphatic carbocycles. The second-order valence-corrected chi connectivity index (χ2v) is 8.67. The lowest BCUT2D eigenvalue weighted by molar-refractivity contribution is 0.191. The van der Waals surface area contributed by atoms with E-state index in [2.05, 4.69) is 10.0 Å². The molecule has 1 saturated heterocycles. The van der Waals surface area contributed by atoms with Crippen molar-refractivity contribution in [2.24, 2.45) is 5.11 Å². The Morgan fingerprint density at radius 1 is 0.919 bits per heavy atom. The first-order chi connectivity index (χ1) is 18.1. The minimum absolute atomic E-state index is 0.0695. The molecule has 0 atom stereocenters. The van der Waals surface area contributed by atoms with Crippen LogP contribution >= 0.6 is 0 Å². The number of rotatable bonds is 11.